The Morgan fingerprint density at radius 1 is 1.46 bits per heavy atom. The fourth-order valence-electron chi connectivity index (χ4n) is 1.11. The van der Waals surface area contributed by atoms with Crippen LogP contribution in [0.2, 0.25) is 0 Å². The van der Waals surface area contributed by atoms with Crippen LogP contribution in [0.3, 0.4) is 0 Å². The average molecular weight is 242 g/mol. The molecule has 0 atom stereocenters. The van der Waals surface area contributed by atoms with E-state index in [2.05, 4.69) is 15.9 Å². The normalized spacial score (nSPS) is 9.77. The number of halogens is 1. The minimum Gasteiger partial charge on any atom is -0.384 e. The first-order chi connectivity index (χ1) is 6.02. The molecule has 1 rings (SSSR count). The van der Waals surface area contributed by atoms with E-state index in [9.17, 15) is 0 Å². The fraction of sp³-hybridized carbons (Fsp3) is 0.222. The molecule has 0 fully saturated rings. The van der Waals surface area contributed by atoms with Gasteiger partial charge in [-0.05, 0) is 18.2 Å². The molecule has 0 aromatic heterocycles. The van der Waals surface area contributed by atoms with Gasteiger partial charge < -0.3 is 10.6 Å². The summed E-state index contributed by atoms with van der Waals surface area (Å²) >= 11 is 3.34. The zero-order valence-electron chi connectivity index (χ0n) is 7.63. The molecular weight excluding hydrogens is 230 g/mol. The second-order valence-electron chi connectivity index (χ2n) is 2.97. The van der Waals surface area contributed by atoms with Crippen molar-refractivity contribution < 1.29 is 0 Å². The molecule has 3 nitrogen and oxygen atoms in total. The molecule has 0 aliphatic carbocycles. The first-order valence-corrected chi connectivity index (χ1v) is 4.63. The van der Waals surface area contributed by atoms with Crippen LogP contribution in [-0.4, -0.2) is 19.9 Å². The van der Waals surface area contributed by atoms with E-state index in [0.29, 0.717) is 0 Å². The summed E-state index contributed by atoms with van der Waals surface area (Å²) in [5.41, 5.74) is 7.16. The molecule has 0 radical (unpaired) electrons. The standard InChI is InChI=1S/C9H12BrN3/c1-13(2)8-4-3-6(10)5-7(8)9(11)12/h3-5H,1-2H3,(H3,11,12). The number of benzene rings is 1. The van der Waals surface area contributed by atoms with Crippen molar-refractivity contribution in [2.45, 2.75) is 0 Å². The molecule has 0 saturated carbocycles. The highest BCUT2D eigenvalue weighted by atomic mass is 79.9. The maximum Gasteiger partial charge on any atom is 0.124 e. The van der Waals surface area contributed by atoms with Crippen molar-refractivity contribution in [3.05, 3.63) is 28.2 Å². The molecule has 3 N–H and O–H groups in total. The molecule has 13 heavy (non-hydrogen) atoms. The van der Waals surface area contributed by atoms with Crippen LogP contribution in [0.1, 0.15) is 5.56 Å². The van der Waals surface area contributed by atoms with Crippen molar-refractivity contribution in [1.29, 1.82) is 5.41 Å². The highest BCUT2D eigenvalue weighted by Crippen LogP contribution is 2.22. The van der Waals surface area contributed by atoms with Crippen molar-refractivity contribution in [2.24, 2.45) is 5.73 Å². The maximum absolute atomic E-state index is 7.40. The van der Waals surface area contributed by atoms with Gasteiger partial charge in [0.05, 0.1) is 0 Å². The monoisotopic (exact) mass is 241 g/mol. The lowest BCUT2D eigenvalue weighted by molar-refractivity contribution is 1.12. The first kappa shape index (κ1) is 10.1. The molecular formula is C9H12BrN3. The number of hydrogen-bond acceptors (Lipinski definition) is 2. The van der Waals surface area contributed by atoms with Crippen LogP contribution in [0, 0.1) is 5.41 Å². The van der Waals surface area contributed by atoms with Gasteiger partial charge in [-0.2, -0.15) is 0 Å². The Morgan fingerprint density at radius 3 is 2.54 bits per heavy atom. The largest absolute Gasteiger partial charge is 0.384 e. The smallest absolute Gasteiger partial charge is 0.124 e. The van der Waals surface area contributed by atoms with Crippen molar-refractivity contribution in [3.8, 4) is 0 Å². The van der Waals surface area contributed by atoms with Gasteiger partial charge >= 0.3 is 0 Å². The van der Waals surface area contributed by atoms with E-state index >= 15 is 0 Å². The number of rotatable bonds is 2. The molecule has 70 valence electrons. The molecule has 0 aliphatic heterocycles. The third-order valence-electron chi connectivity index (χ3n) is 1.73. The van der Waals surface area contributed by atoms with E-state index in [1.54, 1.807) is 0 Å². The number of nitrogen functional groups attached to an aromatic ring is 1. The summed E-state index contributed by atoms with van der Waals surface area (Å²) in [5.74, 6) is 0.0880. The summed E-state index contributed by atoms with van der Waals surface area (Å²) in [6.07, 6.45) is 0. The second kappa shape index (κ2) is 3.79. The molecule has 1 aromatic carbocycles. The summed E-state index contributed by atoms with van der Waals surface area (Å²) in [5, 5.41) is 7.40. The van der Waals surface area contributed by atoms with Gasteiger partial charge in [-0.15, -0.1) is 0 Å². The van der Waals surface area contributed by atoms with E-state index in [-0.39, 0.29) is 5.84 Å². The SMILES string of the molecule is CN(C)c1ccc(Br)cc1C(=N)N. The van der Waals surface area contributed by atoms with Gasteiger partial charge in [0.1, 0.15) is 5.84 Å². The van der Waals surface area contributed by atoms with Gasteiger partial charge in [0.15, 0.2) is 0 Å². The van der Waals surface area contributed by atoms with Gasteiger partial charge in [0, 0.05) is 29.8 Å². The highest BCUT2D eigenvalue weighted by molar-refractivity contribution is 9.10. The van der Waals surface area contributed by atoms with Gasteiger partial charge in [0.2, 0.25) is 0 Å². The summed E-state index contributed by atoms with van der Waals surface area (Å²) < 4.78 is 0.934. The third-order valence-corrected chi connectivity index (χ3v) is 2.22. The quantitative estimate of drug-likeness (QED) is 0.613. The number of anilines is 1. The number of nitrogens with two attached hydrogens (primary N) is 1. The number of nitrogens with one attached hydrogen (secondary N) is 1. The zero-order chi connectivity index (χ0) is 10.0. The van der Waals surface area contributed by atoms with E-state index in [1.165, 1.54) is 0 Å². The minimum atomic E-state index is 0.0880. The van der Waals surface area contributed by atoms with Crippen molar-refractivity contribution >= 4 is 27.5 Å². The lowest BCUT2D eigenvalue weighted by Crippen LogP contribution is -2.18. The zero-order valence-corrected chi connectivity index (χ0v) is 9.22. The topological polar surface area (TPSA) is 53.1 Å². The fourth-order valence-corrected chi connectivity index (χ4v) is 1.48. The highest BCUT2D eigenvalue weighted by Gasteiger charge is 2.06. The Bertz CT molecular complexity index is 334. The Hall–Kier alpha value is -1.03. The predicted octanol–water partition coefficient (Wildman–Crippen LogP) is 1.80. The summed E-state index contributed by atoms with van der Waals surface area (Å²) in [6.45, 7) is 0. The van der Waals surface area contributed by atoms with Crippen LogP contribution in [0.25, 0.3) is 0 Å². The molecule has 0 heterocycles. The van der Waals surface area contributed by atoms with Crippen molar-refractivity contribution in [3.63, 3.8) is 0 Å². The second-order valence-corrected chi connectivity index (χ2v) is 3.89. The summed E-state index contributed by atoms with van der Waals surface area (Å²) in [7, 11) is 3.85. The third kappa shape index (κ3) is 2.21. The van der Waals surface area contributed by atoms with Crippen LogP contribution in [0.4, 0.5) is 5.69 Å². The van der Waals surface area contributed by atoms with Crippen LogP contribution in [-0.2, 0) is 0 Å². The lowest BCUT2D eigenvalue weighted by atomic mass is 10.1. The molecule has 0 saturated heterocycles. The average Bonchev–Trinajstić information content (AvgIpc) is 2.03. The molecule has 0 bridgehead atoms. The van der Waals surface area contributed by atoms with E-state index in [4.69, 9.17) is 11.1 Å². The Morgan fingerprint density at radius 2 is 2.08 bits per heavy atom. The Labute approximate surface area is 86.2 Å². The van der Waals surface area contributed by atoms with E-state index in [0.717, 1.165) is 15.7 Å². The van der Waals surface area contributed by atoms with Crippen molar-refractivity contribution in [1.82, 2.24) is 0 Å². The molecule has 4 heteroatoms. The minimum absolute atomic E-state index is 0.0880. The Kier molecular flexibility index (Phi) is 2.93. The summed E-state index contributed by atoms with van der Waals surface area (Å²) in [4.78, 5) is 1.93. The molecule has 0 unspecified atom stereocenters. The Balaban J connectivity index is 3.27. The van der Waals surface area contributed by atoms with Crippen LogP contribution in [0.5, 0.6) is 0 Å². The number of amidine groups is 1. The van der Waals surface area contributed by atoms with E-state index < -0.39 is 0 Å². The van der Waals surface area contributed by atoms with Gasteiger partial charge in [-0.25, -0.2) is 0 Å². The van der Waals surface area contributed by atoms with Crippen LogP contribution < -0.4 is 10.6 Å². The number of nitrogens with zero attached hydrogens (tertiary/aromatic N) is 1. The number of hydrogen-bond donors (Lipinski definition) is 2. The van der Waals surface area contributed by atoms with Crippen LogP contribution >= 0.6 is 15.9 Å². The molecule has 0 aliphatic rings. The maximum atomic E-state index is 7.40. The van der Waals surface area contributed by atoms with E-state index in [1.807, 2.05) is 37.2 Å². The first-order valence-electron chi connectivity index (χ1n) is 3.83. The molecule has 0 amide bonds. The molecule has 0 spiro atoms. The van der Waals surface area contributed by atoms with Crippen LogP contribution in [0.15, 0.2) is 22.7 Å². The molecule has 1 aromatic rings. The van der Waals surface area contributed by atoms with Gasteiger partial charge in [-0.3, -0.25) is 5.41 Å². The van der Waals surface area contributed by atoms with Gasteiger partial charge in [0.25, 0.3) is 0 Å². The van der Waals surface area contributed by atoms with Gasteiger partial charge in [-0.1, -0.05) is 15.9 Å². The lowest BCUT2D eigenvalue weighted by Gasteiger charge is -2.16. The summed E-state index contributed by atoms with van der Waals surface area (Å²) in [6, 6.07) is 5.71. The van der Waals surface area contributed by atoms with Crippen molar-refractivity contribution in [2.75, 3.05) is 19.0 Å². The predicted molar refractivity (Wildman–Crippen MR) is 59.5 cm³/mol.